The number of carbonyl (C=O) groups excluding carboxylic acids is 2. The number of hydrogen-bond acceptors (Lipinski definition) is 9. The highest BCUT2D eigenvalue weighted by Crippen LogP contribution is 2.42. The molecule has 0 radical (unpaired) electrons. The van der Waals surface area contributed by atoms with Crippen LogP contribution in [0.5, 0.6) is 0 Å². The van der Waals surface area contributed by atoms with E-state index in [0.29, 0.717) is 80.8 Å². The minimum atomic E-state index is -0.544. The molecular weight excluding hydrogens is 594 g/mol. The molecule has 6 rings (SSSR count). The summed E-state index contributed by atoms with van der Waals surface area (Å²) in [6, 6.07) is 15.0. The Labute approximate surface area is 274 Å². The fourth-order valence-corrected chi connectivity index (χ4v) is 6.60. The van der Waals surface area contributed by atoms with Crippen LogP contribution in [0.25, 0.3) is 0 Å². The summed E-state index contributed by atoms with van der Waals surface area (Å²) < 4.78 is 0. The molecule has 2 aromatic heterocycles. The Morgan fingerprint density at radius 2 is 1.77 bits per heavy atom. The normalized spacial score (nSPS) is 20.6. The van der Waals surface area contributed by atoms with Gasteiger partial charge in [-0.2, -0.15) is 0 Å². The Morgan fingerprint density at radius 3 is 2.47 bits per heavy atom. The van der Waals surface area contributed by atoms with Gasteiger partial charge in [0.25, 0.3) is 0 Å². The maximum absolute atomic E-state index is 13.9. The van der Waals surface area contributed by atoms with Crippen molar-refractivity contribution in [1.82, 2.24) is 19.8 Å². The van der Waals surface area contributed by atoms with Gasteiger partial charge in [0.05, 0.1) is 23.3 Å². The van der Waals surface area contributed by atoms with Crippen LogP contribution < -0.4 is 21.3 Å². The van der Waals surface area contributed by atoms with Crippen LogP contribution in [-0.4, -0.2) is 109 Å². The fraction of sp³-hybridized carbons (Fsp3) is 0.382. The quantitative estimate of drug-likeness (QED) is 0.249. The lowest BCUT2D eigenvalue weighted by atomic mass is 9.85. The molecule has 5 N–H and O–H groups in total. The number of aliphatic imine (C=N–C) groups is 2. The van der Waals surface area contributed by atoms with Crippen LogP contribution in [-0.2, 0) is 9.59 Å². The minimum absolute atomic E-state index is 0.0156. The van der Waals surface area contributed by atoms with Crippen molar-refractivity contribution in [3.63, 3.8) is 0 Å². The second-order valence-corrected chi connectivity index (χ2v) is 12.5. The van der Waals surface area contributed by atoms with Crippen molar-refractivity contribution in [3.8, 4) is 0 Å². The maximum Gasteiger partial charge on any atom is 0.236 e. The summed E-state index contributed by atoms with van der Waals surface area (Å²) in [5.41, 5.74) is 15.8. The number of nitrogens with two attached hydrogens (primary N) is 2. The van der Waals surface area contributed by atoms with E-state index in [1.807, 2.05) is 42.2 Å². The van der Waals surface area contributed by atoms with Crippen LogP contribution >= 0.6 is 0 Å². The molecule has 3 aliphatic heterocycles. The number of pyridine rings is 2. The number of amidine groups is 1. The molecule has 5 heterocycles. The van der Waals surface area contributed by atoms with E-state index in [1.165, 1.54) is 6.34 Å². The van der Waals surface area contributed by atoms with E-state index < -0.39 is 5.41 Å². The average Bonchev–Trinajstić information content (AvgIpc) is 3.65. The first-order chi connectivity index (χ1) is 22.7. The SMILES string of the molecule is CN=CN=C(N)c1ccc(N2CCN(C(=O)CN3CC[C@]4(CCN(c5ccc(N)c(C(=N)c6ccc(C)cn6)n5)C4=O)C3)CC2)cc1. The van der Waals surface area contributed by atoms with Crippen molar-refractivity contribution in [2.45, 2.75) is 19.8 Å². The van der Waals surface area contributed by atoms with Crippen LogP contribution in [0.3, 0.4) is 0 Å². The second-order valence-electron chi connectivity index (χ2n) is 12.5. The number of carbonyl (C=O) groups is 2. The molecule has 1 spiro atoms. The third-order valence-corrected chi connectivity index (χ3v) is 9.37. The highest BCUT2D eigenvalue weighted by atomic mass is 16.2. The monoisotopic (exact) mass is 635 g/mol. The largest absolute Gasteiger partial charge is 0.397 e. The third-order valence-electron chi connectivity index (χ3n) is 9.37. The molecule has 0 unspecified atom stereocenters. The van der Waals surface area contributed by atoms with Crippen molar-refractivity contribution in [1.29, 1.82) is 5.41 Å². The summed E-state index contributed by atoms with van der Waals surface area (Å²) in [6.45, 7) is 6.76. The molecule has 244 valence electrons. The molecule has 47 heavy (non-hydrogen) atoms. The molecular formula is C34H41N11O2. The number of nitrogens with zero attached hydrogens (tertiary/aromatic N) is 8. The van der Waals surface area contributed by atoms with E-state index in [-0.39, 0.29) is 17.5 Å². The van der Waals surface area contributed by atoms with Gasteiger partial charge < -0.3 is 21.3 Å². The number of piperazine rings is 1. The molecule has 1 aromatic carbocycles. The van der Waals surface area contributed by atoms with Crippen molar-refractivity contribution in [3.05, 3.63) is 77.2 Å². The van der Waals surface area contributed by atoms with Gasteiger partial charge in [0.2, 0.25) is 11.8 Å². The lowest BCUT2D eigenvalue weighted by molar-refractivity contribution is -0.133. The zero-order valence-corrected chi connectivity index (χ0v) is 26.9. The molecule has 0 bridgehead atoms. The zero-order valence-electron chi connectivity index (χ0n) is 26.9. The van der Waals surface area contributed by atoms with Gasteiger partial charge in [0.1, 0.15) is 29.4 Å². The Hall–Kier alpha value is -5.17. The van der Waals surface area contributed by atoms with E-state index in [4.69, 9.17) is 16.9 Å². The summed E-state index contributed by atoms with van der Waals surface area (Å²) >= 11 is 0. The number of rotatable bonds is 8. The smallest absolute Gasteiger partial charge is 0.236 e. The molecule has 1 atom stereocenters. The summed E-state index contributed by atoms with van der Waals surface area (Å²) in [5.74, 6) is 1.01. The highest BCUT2D eigenvalue weighted by Gasteiger charge is 2.51. The number of benzene rings is 1. The summed E-state index contributed by atoms with van der Waals surface area (Å²) in [6.07, 6.45) is 4.52. The lowest BCUT2D eigenvalue weighted by Gasteiger charge is -2.37. The zero-order chi connectivity index (χ0) is 33.1. The average molecular weight is 636 g/mol. The minimum Gasteiger partial charge on any atom is -0.397 e. The number of amides is 2. The van der Waals surface area contributed by atoms with Crippen molar-refractivity contribution in [2.75, 3.05) is 74.9 Å². The Morgan fingerprint density at radius 1 is 1.02 bits per heavy atom. The van der Waals surface area contributed by atoms with E-state index in [2.05, 4.69) is 29.8 Å². The summed E-state index contributed by atoms with van der Waals surface area (Å²) in [7, 11) is 1.65. The van der Waals surface area contributed by atoms with Gasteiger partial charge in [-0.05, 0) is 74.3 Å². The van der Waals surface area contributed by atoms with Gasteiger partial charge in [-0.3, -0.25) is 34.8 Å². The first-order valence-electron chi connectivity index (χ1n) is 15.9. The van der Waals surface area contributed by atoms with Crippen LogP contribution in [0.1, 0.15) is 35.4 Å². The molecule has 0 aliphatic carbocycles. The van der Waals surface area contributed by atoms with Crippen molar-refractivity contribution >= 4 is 46.9 Å². The Kier molecular flexibility index (Phi) is 8.99. The van der Waals surface area contributed by atoms with Gasteiger partial charge in [0, 0.05) is 63.8 Å². The second kappa shape index (κ2) is 13.3. The third kappa shape index (κ3) is 6.57. The molecule has 3 aliphatic rings. The summed E-state index contributed by atoms with van der Waals surface area (Å²) in [5, 5.41) is 8.67. The van der Waals surface area contributed by atoms with E-state index in [9.17, 15) is 9.59 Å². The van der Waals surface area contributed by atoms with Crippen molar-refractivity contribution < 1.29 is 9.59 Å². The lowest BCUT2D eigenvalue weighted by Crippen LogP contribution is -2.51. The number of nitrogen functional groups attached to an aromatic ring is 1. The highest BCUT2D eigenvalue weighted by molar-refractivity contribution is 6.12. The molecule has 3 saturated heterocycles. The van der Waals surface area contributed by atoms with Gasteiger partial charge in [-0.1, -0.05) is 6.07 Å². The molecule has 0 saturated carbocycles. The number of likely N-dealkylation sites (tertiary alicyclic amines) is 1. The van der Waals surface area contributed by atoms with Gasteiger partial charge in [0.15, 0.2) is 0 Å². The van der Waals surface area contributed by atoms with E-state index in [0.717, 1.165) is 29.9 Å². The Balaban J connectivity index is 1.03. The maximum atomic E-state index is 13.9. The predicted molar refractivity (Wildman–Crippen MR) is 184 cm³/mol. The first kappa shape index (κ1) is 31.8. The topological polar surface area (TPSA) is 173 Å². The van der Waals surface area contributed by atoms with E-state index >= 15 is 0 Å². The van der Waals surface area contributed by atoms with Crippen LogP contribution in [0.15, 0.2) is 64.7 Å². The predicted octanol–water partition coefficient (Wildman–Crippen LogP) is 1.92. The first-order valence-corrected chi connectivity index (χ1v) is 15.9. The van der Waals surface area contributed by atoms with Crippen LogP contribution in [0.4, 0.5) is 17.2 Å². The standard InChI is InChI=1S/C34H41N11O2/c1-23-3-9-27(39-19-23)30(36)31-26(35)8-10-28(41-31)45-14-12-34(33(45)47)11-13-42(21-34)20-29(46)44-17-15-43(16-18-44)25-6-4-24(5-7-25)32(37)40-22-38-2/h3-10,19,22,36H,11-18,20-21,35H2,1-2H3,(H2,37,38,40)/t34-/m0/s1. The van der Waals surface area contributed by atoms with Crippen LogP contribution in [0.2, 0.25) is 0 Å². The van der Waals surface area contributed by atoms with Gasteiger partial charge >= 0.3 is 0 Å². The molecule has 2 amide bonds. The number of nitrogens with one attached hydrogen (secondary N) is 1. The molecule has 13 heteroatoms. The van der Waals surface area contributed by atoms with Gasteiger partial charge in [-0.25, -0.2) is 9.98 Å². The van der Waals surface area contributed by atoms with Crippen molar-refractivity contribution in [2.24, 2.45) is 21.1 Å². The van der Waals surface area contributed by atoms with E-state index in [1.54, 1.807) is 36.3 Å². The number of anilines is 3. The molecule has 3 aromatic rings. The summed E-state index contributed by atoms with van der Waals surface area (Å²) in [4.78, 5) is 52.1. The molecule has 3 fully saturated rings. The number of aryl methyl sites for hydroxylation is 1. The van der Waals surface area contributed by atoms with Crippen LogP contribution in [0, 0.1) is 17.7 Å². The fourth-order valence-electron chi connectivity index (χ4n) is 6.60. The van der Waals surface area contributed by atoms with Gasteiger partial charge in [-0.15, -0.1) is 0 Å². The Bertz CT molecular complexity index is 1710. The number of hydrogen-bond donors (Lipinski definition) is 3. The number of aromatic nitrogens is 2. The molecule has 13 nitrogen and oxygen atoms in total.